The van der Waals surface area contributed by atoms with Gasteiger partial charge in [0.1, 0.15) is 0 Å². The number of nitrogens with zero attached hydrogens (tertiary/aromatic N) is 4. The molecule has 0 bridgehead atoms. The minimum absolute atomic E-state index is 0.650. The van der Waals surface area contributed by atoms with Crippen LogP contribution in [0.15, 0.2) is 4.99 Å². The highest BCUT2D eigenvalue weighted by molar-refractivity contribution is 5.57. The number of likely N-dealkylation sites (tertiary alicyclic amines) is 1. The summed E-state index contributed by atoms with van der Waals surface area (Å²) in [4.78, 5) is 11.7. The summed E-state index contributed by atoms with van der Waals surface area (Å²) in [6.45, 7) is 3.54. The maximum Gasteiger partial charge on any atom is 0.0851 e. The summed E-state index contributed by atoms with van der Waals surface area (Å²) >= 11 is 0. The van der Waals surface area contributed by atoms with Crippen LogP contribution in [-0.2, 0) is 0 Å². The molecule has 3 aliphatic heterocycles. The van der Waals surface area contributed by atoms with Crippen LogP contribution in [0.4, 0.5) is 0 Å². The molecule has 0 aromatic heterocycles. The largest absolute Gasteiger partial charge is 0.361 e. The van der Waals surface area contributed by atoms with Gasteiger partial charge in [-0.2, -0.15) is 0 Å². The van der Waals surface area contributed by atoms with Crippen LogP contribution in [0.5, 0.6) is 0 Å². The molecule has 0 aliphatic carbocycles. The standard InChI is InChI=1S/C12H22N4/c1-14-6-9(11-5-13-8-16(11)3)4-10(14)12-7-15(12)2/h8-12H,4-7H2,1-3H3. The lowest BCUT2D eigenvalue weighted by atomic mass is 9.95. The van der Waals surface area contributed by atoms with Crippen LogP contribution in [0, 0.1) is 5.92 Å². The molecule has 5 unspecified atom stereocenters. The molecule has 2 saturated heterocycles. The van der Waals surface area contributed by atoms with Gasteiger partial charge in [-0.05, 0) is 26.4 Å². The lowest BCUT2D eigenvalue weighted by Gasteiger charge is -2.25. The molecule has 2 fully saturated rings. The molecule has 0 aromatic carbocycles. The third-order valence-corrected chi connectivity index (χ3v) is 4.61. The van der Waals surface area contributed by atoms with Gasteiger partial charge in [0, 0.05) is 32.2 Å². The van der Waals surface area contributed by atoms with E-state index in [1.807, 2.05) is 6.34 Å². The molecule has 0 saturated carbocycles. The quantitative estimate of drug-likeness (QED) is 0.612. The van der Waals surface area contributed by atoms with Gasteiger partial charge in [-0.25, -0.2) is 0 Å². The summed E-state index contributed by atoms with van der Waals surface area (Å²) in [6.07, 6.45) is 3.35. The minimum atomic E-state index is 0.650. The molecule has 3 rings (SSSR count). The zero-order chi connectivity index (χ0) is 11.3. The molecule has 5 atom stereocenters. The van der Waals surface area contributed by atoms with Crippen molar-refractivity contribution in [1.29, 1.82) is 0 Å². The van der Waals surface area contributed by atoms with E-state index >= 15 is 0 Å². The van der Waals surface area contributed by atoms with E-state index in [0.29, 0.717) is 6.04 Å². The van der Waals surface area contributed by atoms with Gasteiger partial charge < -0.3 is 9.80 Å². The smallest absolute Gasteiger partial charge is 0.0851 e. The van der Waals surface area contributed by atoms with E-state index in [4.69, 9.17) is 0 Å². The maximum absolute atomic E-state index is 4.39. The van der Waals surface area contributed by atoms with Gasteiger partial charge in [-0.15, -0.1) is 0 Å². The van der Waals surface area contributed by atoms with Crippen LogP contribution in [0.25, 0.3) is 0 Å². The summed E-state index contributed by atoms with van der Waals surface area (Å²) in [5, 5.41) is 0. The molecule has 0 aromatic rings. The van der Waals surface area contributed by atoms with Crippen LogP contribution in [0.1, 0.15) is 6.42 Å². The van der Waals surface area contributed by atoms with Gasteiger partial charge in [-0.1, -0.05) is 0 Å². The van der Waals surface area contributed by atoms with E-state index in [9.17, 15) is 0 Å². The Balaban J connectivity index is 1.63. The number of aliphatic imine (C=N–C) groups is 1. The molecule has 3 heterocycles. The highest BCUT2D eigenvalue weighted by atomic mass is 15.3. The Labute approximate surface area is 97.9 Å². The van der Waals surface area contributed by atoms with Crippen LogP contribution in [0.3, 0.4) is 0 Å². The van der Waals surface area contributed by atoms with Gasteiger partial charge >= 0.3 is 0 Å². The highest BCUT2D eigenvalue weighted by Crippen LogP contribution is 2.34. The van der Waals surface area contributed by atoms with Crippen molar-refractivity contribution in [3.8, 4) is 0 Å². The molecule has 90 valence electrons. The molecule has 0 N–H and O–H groups in total. The van der Waals surface area contributed by atoms with Crippen molar-refractivity contribution < 1.29 is 0 Å². The van der Waals surface area contributed by atoms with Gasteiger partial charge in [0.25, 0.3) is 0 Å². The molecule has 0 amide bonds. The number of likely N-dealkylation sites (N-methyl/N-ethyl adjacent to an activating group) is 3. The zero-order valence-corrected chi connectivity index (χ0v) is 10.5. The number of hydrogen-bond donors (Lipinski definition) is 0. The summed E-state index contributed by atoms with van der Waals surface area (Å²) < 4.78 is 0. The fourth-order valence-electron chi connectivity index (χ4n) is 3.44. The van der Waals surface area contributed by atoms with Crippen LogP contribution >= 0.6 is 0 Å². The SMILES string of the molecule is CN1C=NCC1C1CC(C2CN2C)N(C)C1. The summed E-state index contributed by atoms with van der Waals surface area (Å²) in [5.74, 6) is 0.802. The second-order valence-corrected chi connectivity index (χ2v) is 5.72. The van der Waals surface area contributed by atoms with Crippen molar-refractivity contribution in [2.24, 2.45) is 10.9 Å². The van der Waals surface area contributed by atoms with E-state index in [1.54, 1.807) is 0 Å². The molecular weight excluding hydrogens is 200 g/mol. The predicted octanol–water partition coefficient (Wildman–Crippen LogP) is -0.0370. The van der Waals surface area contributed by atoms with E-state index in [2.05, 4.69) is 40.8 Å². The minimum Gasteiger partial charge on any atom is -0.361 e. The Kier molecular flexibility index (Phi) is 2.44. The first kappa shape index (κ1) is 10.5. The van der Waals surface area contributed by atoms with Crippen LogP contribution < -0.4 is 0 Å². The van der Waals surface area contributed by atoms with Crippen molar-refractivity contribution in [2.45, 2.75) is 24.5 Å². The average molecular weight is 222 g/mol. The van der Waals surface area contributed by atoms with Crippen molar-refractivity contribution in [3.05, 3.63) is 0 Å². The van der Waals surface area contributed by atoms with Crippen LogP contribution in [-0.4, -0.2) is 79.9 Å². The average Bonchev–Trinajstić information content (AvgIpc) is 2.66. The molecular formula is C12H22N4. The summed E-state index contributed by atoms with van der Waals surface area (Å²) in [5.41, 5.74) is 0. The summed E-state index contributed by atoms with van der Waals surface area (Å²) in [7, 11) is 6.68. The molecule has 16 heavy (non-hydrogen) atoms. The fourth-order valence-corrected chi connectivity index (χ4v) is 3.44. The van der Waals surface area contributed by atoms with Gasteiger partial charge in [-0.3, -0.25) is 9.89 Å². The lowest BCUT2D eigenvalue weighted by molar-refractivity contribution is 0.270. The Morgan fingerprint density at radius 2 is 1.75 bits per heavy atom. The number of hydrogen-bond acceptors (Lipinski definition) is 4. The van der Waals surface area contributed by atoms with Gasteiger partial charge in [0.05, 0.1) is 18.9 Å². The fraction of sp³-hybridized carbons (Fsp3) is 0.917. The molecule has 0 spiro atoms. The first-order valence-electron chi connectivity index (χ1n) is 6.29. The van der Waals surface area contributed by atoms with Crippen molar-refractivity contribution >= 4 is 6.34 Å². The second kappa shape index (κ2) is 3.70. The van der Waals surface area contributed by atoms with E-state index in [1.165, 1.54) is 19.5 Å². The van der Waals surface area contributed by atoms with Crippen molar-refractivity contribution in [2.75, 3.05) is 40.8 Å². The first-order valence-corrected chi connectivity index (χ1v) is 6.29. The van der Waals surface area contributed by atoms with Crippen LogP contribution in [0.2, 0.25) is 0 Å². The third kappa shape index (κ3) is 1.64. The zero-order valence-electron chi connectivity index (χ0n) is 10.5. The molecule has 3 aliphatic rings. The summed E-state index contributed by atoms with van der Waals surface area (Å²) in [6, 6.07) is 2.25. The third-order valence-electron chi connectivity index (χ3n) is 4.61. The maximum atomic E-state index is 4.39. The Hall–Kier alpha value is -0.610. The first-order chi connectivity index (χ1) is 7.66. The molecule has 4 heteroatoms. The topological polar surface area (TPSA) is 21.9 Å². The number of rotatable bonds is 2. The monoisotopic (exact) mass is 222 g/mol. The van der Waals surface area contributed by atoms with E-state index in [-0.39, 0.29) is 0 Å². The molecule has 4 nitrogen and oxygen atoms in total. The van der Waals surface area contributed by atoms with E-state index in [0.717, 1.165) is 24.5 Å². The van der Waals surface area contributed by atoms with Crippen molar-refractivity contribution in [1.82, 2.24) is 14.7 Å². The highest BCUT2D eigenvalue weighted by Gasteiger charge is 2.46. The molecule has 0 radical (unpaired) electrons. The Morgan fingerprint density at radius 1 is 1.00 bits per heavy atom. The van der Waals surface area contributed by atoms with E-state index < -0.39 is 0 Å². The van der Waals surface area contributed by atoms with Gasteiger partial charge in [0.2, 0.25) is 0 Å². The normalized spacial score (nSPS) is 47.9. The van der Waals surface area contributed by atoms with Crippen molar-refractivity contribution in [3.63, 3.8) is 0 Å². The lowest BCUT2D eigenvalue weighted by Crippen LogP contribution is -2.36. The predicted molar refractivity (Wildman–Crippen MR) is 65.9 cm³/mol. The second-order valence-electron chi connectivity index (χ2n) is 5.72. The van der Waals surface area contributed by atoms with Gasteiger partial charge in [0.15, 0.2) is 0 Å². The Bertz CT molecular complexity index is 303. The Morgan fingerprint density at radius 3 is 2.31 bits per heavy atom.